The molecule has 0 aliphatic rings. The van der Waals surface area contributed by atoms with Gasteiger partial charge in [0.2, 0.25) is 10.0 Å². The molecule has 0 fully saturated rings. The number of nitrogens with zero attached hydrogens (tertiary/aromatic N) is 3. The zero-order chi connectivity index (χ0) is 25.9. The molecule has 0 aliphatic carbocycles. The minimum Gasteiger partial charge on any atom is -0.268 e. The third-order valence-corrected chi connectivity index (χ3v) is 8.48. The first-order valence-electron chi connectivity index (χ1n) is 12.4. The van der Waals surface area contributed by atoms with E-state index in [4.69, 9.17) is 4.98 Å². The molecule has 0 saturated carbocycles. The van der Waals surface area contributed by atoms with Gasteiger partial charge in [0.15, 0.2) is 0 Å². The number of benzene rings is 3. The molecular formula is C29H33N3O3S. The highest BCUT2D eigenvalue weighted by molar-refractivity contribution is 7.89. The highest BCUT2D eigenvalue weighted by atomic mass is 32.2. The van der Waals surface area contributed by atoms with Crippen LogP contribution in [0.2, 0.25) is 0 Å². The Hall–Kier alpha value is -3.29. The normalized spacial score (nSPS) is 12.9. The number of para-hydroxylation sites is 2. The van der Waals surface area contributed by atoms with E-state index in [9.17, 15) is 13.2 Å². The molecule has 3 aromatic carbocycles. The van der Waals surface area contributed by atoms with Gasteiger partial charge in [-0.15, -0.1) is 0 Å². The number of aryl methyl sites for hydroxylation is 1. The Morgan fingerprint density at radius 3 is 2.22 bits per heavy atom. The smallest absolute Gasteiger partial charge is 0.266 e. The second kappa shape index (κ2) is 10.8. The Bertz CT molecular complexity index is 1510. The largest absolute Gasteiger partial charge is 0.268 e. The lowest BCUT2D eigenvalue weighted by Gasteiger charge is -2.30. The van der Waals surface area contributed by atoms with Crippen LogP contribution in [-0.2, 0) is 16.4 Å². The van der Waals surface area contributed by atoms with Crippen LogP contribution in [0.15, 0.2) is 88.6 Å². The minimum absolute atomic E-state index is 0.204. The van der Waals surface area contributed by atoms with E-state index < -0.39 is 16.1 Å². The van der Waals surface area contributed by atoms with Crippen LogP contribution in [0.4, 0.5) is 0 Å². The molecule has 188 valence electrons. The average Bonchev–Trinajstić information content (AvgIpc) is 2.89. The predicted molar refractivity (Wildman–Crippen MR) is 145 cm³/mol. The SMILES string of the molecule is CCc1ccccc1-n1c(C(C)N(CCC(C)C)S(=O)(=O)c2ccccc2)nc2ccccc2c1=O. The molecule has 4 rings (SSSR count). The molecule has 1 unspecified atom stereocenters. The summed E-state index contributed by atoms with van der Waals surface area (Å²) in [5.41, 5.74) is 2.07. The van der Waals surface area contributed by atoms with Crippen LogP contribution in [0.5, 0.6) is 0 Å². The monoisotopic (exact) mass is 503 g/mol. The molecule has 0 radical (unpaired) electrons. The van der Waals surface area contributed by atoms with Crippen molar-refractivity contribution in [1.29, 1.82) is 0 Å². The van der Waals surface area contributed by atoms with Crippen molar-refractivity contribution in [3.63, 3.8) is 0 Å². The lowest BCUT2D eigenvalue weighted by atomic mass is 10.1. The van der Waals surface area contributed by atoms with E-state index in [1.54, 1.807) is 47.0 Å². The lowest BCUT2D eigenvalue weighted by Crippen LogP contribution is -2.38. The second-order valence-electron chi connectivity index (χ2n) is 9.40. The maximum Gasteiger partial charge on any atom is 0.266 e. The number of fused-ring (bicyclic) bond motifs is 1. The van der Waals surface area contributed by atoms with Crippen molar-refractivity contribution in [2.24, 2.45) is 5.92 Å². The van der Waals surface area contributed by atoms with Crippen molar-refractivity contribution >= 4 is 20.9 Å². The fourth-order valence-electron chi connectivity index (χ4n) is 4.45. The summed E-state index contributed by atoms with van der Waals surface area (Å²) in [7, 11) is -3.85. The minimum atomic E-state index is -3.85. The van der Waals surface area contributed by atoms with Crippen molar-refractivity contribution < 1.29 is 8.42 Å². The molecule has 0 aliphatic heterocycles. The summed E-state index contributed by atoms with van der Waals surface area (Å²) in [4.78, 5) is 19.0. The molecule has 1 aromatic heterocycles. The third kappa shape index (κ3) is 4.99. The van der Waals surface area contributed by atoms with Crippen LogP contribution >= 0.6 is 0 Å². The van der Waals surface area contributed by atoms with Gasteiger partial charge in [-0.1, -0.05) is 69.3 Å². The number of rotatable bonds is 9. The van der Waals surface area contributed by atoms with Crippen molar-refractivity contribution in [2.75, 3.05) is 6.54 Å². The molecule has 1 atom stereocenters. The van der Waals surface area contributed by atoms with Gasteiger partial charge in [0, 0.05) is 6.54 Å². The molecular weight excluding hydrogens is 470 g/mol. The highest BCUT2D eigenvalue weighted by Crippen LogP contribution is 2.30. The zero-order valence-corrected chi connectivity index (χ0v) is 22.1. The molecule has 1 heterocycles. The summed E-state index contributed by atoms with van der Waals surface area (Å²) in [6, 6.07) is 22.7. The summed E-state index contributed by atoms with van der Waals surface area (Å²) in [5.74, 6) is 0.709. The second-order valence-corrected chi connectivity index (χ2v) is 11.3. The topological polar surface area (TPSA) is 72.3 Å². The number of hydrogen-bond acceptors (Lipinski definition) is 4. The molecule has 0 saturated heterocycles. The van der Waals surface area contributed by atoms with Crippen LogP contribution < -0.4 is 5.56 Å². The molecule has 0 bridgehead atoms. The lowest BCUT2D eigenvalue weighted by molar-refractivity contribution is 0.308. The van der Waals surface area contributed by atoms with E-state index >= 15 is 0 Å². The number of aromatic nitrogens is 2. The average molecular weight is 504 g/mol. The predicted octanol–water partition coefficient (Wildman–Crippen LogP) is 5.75. The fraction of sp³-hybridized carbons (Fsp3) is 0.310. The van der Waals surface area contributed by atoms with Gasteiger partial charge in [-0.2, -0.15) is 4.31 Å². The third-order valence-electron chi connectivity index (χ3n) is 6.50. The summed E-state index contributed by atoms with van der Waals surface area (Å²) in [6.07, 6.45) is 1.41. The van der Waals surface area contributed by atoms with Gasteiger partial charge < -0.3 is 0 Å². The Balaban J connectivity index is 1.98. The first-order chi connectivity index (χ1) is 17.3. The van der Waals surface area contributed by atoms with Gasteiger partial charge in [0.05, 0.1) is 27.5 Å². The van der Waals surface area contributed by atoms with Crippen molar-refractivity contribution in [2.45, 2.75) is 51.5 Å². The molecule has 36 heavy (non-hydrogen) atoms. The summed E-state index contributed by atoms with van der Waals surface area (Å²) < 4.78 is 30.9. The summed E-state index contributed by atoms with van der Waals surface area (Å²) in [5, 5.41) is 0.499. The Morgan fingerprint density at radius 2 is 1.53 bits per heavy atom. The van der Waals surface area contributed by atoms with E-state index in [2.05, 4.69) is 13.8 Å². The van der Waals surface area contributed by atoms with Gasteiger partial charge >= 0.3 is 0 Å². The van der Waals surface area contributed by atoms with Crippen molar-refractivity contribution in [3.8, 4) is 5.69 Å². The van der Waals surface area contributed by atoms with Gasteiger partial charge in [0.25, 0.3) is 5.56 Å². The highest BCUT2D eigenvalue weighted by Gasteiger charge is 2.33. The Labute approximate surface area is 213 Å². The van der Waals surface area contributed by atoms with Gasteiger partial charge in [-0.25, -0.2) is 13.4 Å². The van der Waals surface area contributed by atoms with E-state index in [0.29, 0.717) is 35.6 Å². The Morgan fingerprint density at radius 1 is 0.889 bits per heavy atom. The van der Waals surface area contributed by atoms with Crippen LogP contribution in [0.3, 0.4) is 0 Å². The molecule has 0 N–H and O–H groups in total. The van der Waals surface area contributed by atoms with E-state index in [1.165, 1.54) is 4.31 Å². The van der Waals surface area contributed by atoms with Crippen molar-refractivity contribution in [1.82, 2.24) is 13.9 Å². The standard InChI is InChI=1S/C29H33N3O3S/c1-5-23-13-9-12-18-27(23)32-28(30-26-17-11-10-16-25(26)29(32)33)22(4)31(20-19-21(2)3)36(34,35)24-14-7-6-8-15-24/h6-18,21-22H,5,19-20H2,1-4H3. The van der Waals surface area contributed by atoms with E-state index in [-0.39, 0.29) is 10.5 Å². The van der Waals surface area contributed by atoms with E-state index in [0.717, 1.165) is 17.7 Å². The Kier molecular flexibility index (Phi) is 7.71. The summed E-state index contributed by atoms with van der Waals surface area (Å²) >= 11 is 0. The van der Waals surface area contributed by atoms with Gasteiger partial charge in [-0.05, 0) is 61.6 Å². The fourth-order valence-corrected chi connectivity index (χ4v) is 6.08. The number of hydrogen-bond donors (Lipinski definition) is 0. The molecule has 6 nitrogen and oxygen atoms in total. The van der Waals surface area contributed by atoms with Gasteiger partial charge in [0.1, 0.15) is 5.82 Å². The zero-order valence-electron chi connectivity index (χ0n) is 21.3. The van der Waals surface area contributed by atoms with Crippen molar-refractivity contribution in [3.05, 3.63) is 101 Å². The maximum atomic E-state index is 13.9. The number of sulfonamides is 1. The summed E-state index contributed by atoms with van der Waals surface area (Å²) in [6.45, 7) is 8.31. The first kappa shape index (κ1) is 25.8. The van der Waals surface area contributed by atoms with Crippen LogP contribution in [0.25, 0.3) is 16.6 Å². The molecule has 4 aromatic rings. The first-order valence-corrected chi connectivity index (χ1v) is 13.9. The quantitative estimate of drug-likeness (QED) is 0.292. The molecule has 0 spiro atoms. The van der Waals surface area contributed by atoms with E-state index in [1.807, 2.05) is 50.2 Å². The van der Waals surface area contributed by atoms with Gasteiger partial charge in [-0.3, -0.25) is 9.36 Å². The maximum absolute atomic E-state index is 13.9. The van der Waals surface area contributed by atoms with Crippen LogP contribution in [0, 0.1) is 5.92 Å². The molecule has 7 heteroatoms. The van der Waals surface area contributed by atoms with Crippen LogP contribution in [0.1, 0.15) is 51.5 Å². The molecule has 0 amide bonds. The van der Waals surface area contributed by atoms with Crippen LogP contribution in [-0.4, -0.2) is 28.8 Å².